The molecule has 0 heterocycles. The van der Waals surface area contributed by atoms with Gasteiger partial charge in [-0.15, -0.1) is 0 Å². The van der Waals surface area contributed by atoms with Crippen molar-refractivity contribution in [2.45, 2.75) is 45.7 Å². The molecule has 0 radical (unpaired) electrons. The fourth-order valence-electron chi connectivity index (χ4n) is 3.28. The fraction of sp³-hybridized carbons (Fsp3) is 0.417. The van der Waals surface area contributed by atoms with Crippen LogP contribution >= 0.6 is 15.9 Å². The van der Waals surface area contributed by atoms with Gasteiger partial charge in [0.1, 0.15) is 12.6 Å². The van der Waals surface area contributed by atoms with E-state index in [0.717, 1.165) is 22.5 Å². The third-order valence-corrected chi connectivity index (χ3v) is 7.25. The summed E-state index contributed by atoms with van der Waals surface area (Å²) in [5, 5.41) is 2.92. The molecular weight excluding hydrogens is 506 g/mol. The van der Waals surface area contributed by atoms with Crippen LogP contribution in [-0.2, 0) is 26.0 Å². The number of benzene rings is 2. The van der Waals surface area contributed by atoms with Crippen molar-refractivity contribution in [3.8, 4) is 0 Å². The van der Waals surface area contributed by atoms with Crippen molar-refractivity contribution in [3.05, 3.63) is 64.6 Å². The smallest absolute Gasteiger partial charge is 0.244 e. The van der Waals surface area contributed by atoms with Crippen molar-refractivity contribution in [1.29, 1.82) is 0 Å². The third kappa shape index (κ3) is 7.85. The average molecular weight is 539 g/mol. The van der Waals surface area contributed by atoms with Crippen molar-refractivity contribution in [2.24, 2.45) is 0 Å². The summed E-state index contributed by atoms with van der Waals surface area (Å²) in [4.78, 5) is 27.7. The lowest BCUT2D eigenvalue weighted by molar-refractivity contribution is -0.139. The largest absolute Gasteiger partial charge is 0.352 e. The molecule has 180 valence electrons. The molecule has 0 spiro atoms. The molecule has 2 atom stereocenters. The molecule has 0 aliphatic heterocycles. The topological polar surface area (TPSA) is 86.8 Å². The Balaban J connectivity index is 2.31. The molecule has 7 nitrogen and oxygen atoms in total. The highest BCUT2D eigenvalue weighted by Crippen LogP contribution is 2.27. The summed E-state index contributed by atoms with van der Waals surface area (Å²) in [5.74, 6) is -0.712. The van der Waals surface area contributed by atoms with Gasteiger partial charge in [0.25, 0.3) is 0 Å². The van der Waals surface area contributed by atoms with E-state index in [1.54, 1.807) is 31.2 Å². The van der Waals surface area contributed by atoms with Gasteiger partial charge in [-0.3, -0.25) is 13.9 Å². The molecule has 0 fully saturated rings. The van der Waals surface area contributed by atoms with Crippen LogP contribution in [0.3, 0.4) is 0 Å². The summed E-state index contributed by atoms with van der Waals surface area (Å²) >= 11 is 3.37. The van der Waals surface area contributed by atoms with Gasteiger partial charge in [0.2, 0.25) is 21.8 Å². The van der Waals surface area contributed by atoms with Gasteiger partial charge < -0.3 is 10.2 Å². The zero-order chi connectivity index (χ0) is 24.6. The number of amides is 2. The molecule has 0 saturated carbocycles. The first-order valence-electron chi connectivity index (χ1n) is 10.9. The highest BCUT2D eigenvalue weighted by molar-refractivity contribution is 9.10. The minimum absolute atomic E-state index is 0.0289. The van der Waals surface area contributed by atoms with Crippen molar-refractivity contribution in [3.63, 3.8) is 0 Å². The number of carbonyl (C=O) groups is 2. The second kappa shape index (κ2) is 12.2. The number of rotatable bonds is 11. The quantitative estimate of drug-likeness (QED) is 0.474. The second-order valence-corrected chi connectivity index (χ2v) is 10.8. The molecule has 9 heteroatoms. The number of nitrogens with zero attached hydrogens (tertiary/aromatic N) is 2. The van der Waals surface area contributed by atoms with E-state index in [4.69, 9.17) is 0 Å². The Morgan fingerprint density at radius 2 is 1.64 bits per heavy atom. The minimum atomic E-state index is -3.75. The maximum Gasteiger partial charge on any atom is 0.244 e. The van der Waals surface area contributed by atoms with Crippen LogP contribution in [-0.4, -0.2) is 56.6 Å². The molecule has 0 bridgehead atoms. The van der Waals surface area contributed by atoms with Crippen molar-refractivity contribution in [1.82, 2.24) is 10.2 Å². The van der Waals surface area contributed by atoms with E-state index < -0.39 is 28.5 Å². The molecule has 2 aromatic carbocycles. The van der Waals surface area contributed by atoms with E-state index in [2.05, 4.69) is 21.2 Å². The summed E-state index contributed by atoms with van der Waals surface area (Å²) in [7, 11) is -3.75. The lowest BCUT2D eigenvalue weighted by atomic mass is 10.1. The first-order chi connectivity index (χ1) is 15.5. The Hall–Kier alpha value is -2.39. The van der Waals surface area contributed by atoms with Gasteiger partial charge in [0, 0.05) is 17.1 Å². The molecule has 0 aliphatic rings. The lowest BCUT2D eigenvalue weighted by Crippen LogP contribution is -2.53. The first-order valence-corrected chi connectivity index (χ1v) is 13.5. The summed E-state index contributed by atoms with van der Waals surface area (Å²) in [5.41, 5.74) is 1.39. The van der Waals surface area contributed by atoms with Crippen LogP contribution in [0.1, 0.15) is 32.8 Å². The highest BCUT2D eigenvalue weighted by Gasteiger charge is 2.30. The number of para-hydroxylation sites is 1. The van der Waals surface area contributed by atoms with Gasteiger partial charge >= 0.3 is 0 Å². The predicted octanol–water partition coefficient (Wildman–Crippen LogP) is 3.59. The molecular formula is C24H32BrN3O4S. The number of hydrogen-bond donors (Lipinski definition) is 1. The summed E-state index contributed by atoms with van der Waals surface area (Å²) in [6.07, 6.45) is 2.37. The normalized spacial score (nSPS) is 13.1. The summed E-state index contributed by atoms with van der Waals surface area (Å²) in [6.45, 7) is 5.42. The van der Waals surface area contributed by atoms with Crippen LogP contribution in [0.25, 0.3) is 0 Å². The fourth-order valence-corrected chi connectivity index (χ4v) is 4.76. The number of nitrogens with one attached hydrogen (secondary N) is 1. The van der Waals surface area contributed by atoms with Gasteiger partial charge in [-0.2, -0.15) is 0 Å². The van der Waals surface area contributed by atoms with Crippen molar-refractivity contribution >= 4 is 43.5 Å². The summed E-state index contributed by atoms with van der Waals surface area (Å²) in [6, 6.07) is 15.7. The van der Waals surface area contributed by atoms with Gasteiger partial charge in [-0.1, -0.05) is 49.4 Å². The van der Waals surface area contributed by atoms with Gasteiger partial charge in [0.15, 0.2) is 0 Å². The van der Waals surface area contributed by atoms with E-state index in [1.165, 1.54) is 4.90 Å². The molecule has 2 amide bonds. The lowest BCUT2D eigenvalue weighted by Gasteiger charge is -2.32. The van der Waals surface area contributed by atoms with Crippen LogP contribution < -0.4 is 9.62 Å². The van der Waals surface area contributed by atoms with Crippen LogP contribution in [0.4, 0.5) is 5.69 Å². The van der Waals surface area contributed by atoms with Gasteiger partial charge in [-0.25, -0.2) is 8.42 Å². The predicted molar refractivity (Wildman–Crippen MR) is 136 cm³/mol. The Kier molecular flexibility index (Phi) is 9.91. The van der Waals surface area contributed by atoms with E-state index in [9.17, 15) is 18.0 Å². The number of sulfonamides is 1. The van der Waals surface area contributed by atoms with E-state index in [-0.39, 0.29) is 18.5 Å². The Labute approximate surface area is 205 Å². The van der Waals surface area contributed by atoms with Crippen LogP contribution in [0, 0.1) is 0 Å². The number of carbonyl (C=O) groups excluding carboxylic acids is 2. The van der Waals surface area contributed by atoms with Gasteiger partial charge in [0.05, 0.1) is 11.9 Å². The molecule has 2 aromatic rings. The summed E-state index contributed by atoms with van der Waals surface area (Å²) < 4.78 is 26.8. The minimum Gasteiger partial charge on any atom is -0.352 e. The molecule has 0 aliphatic carbocycles. The number of anilines is 1. The average Bonchev–Trinajstić information content (AvgIpc) is 2.77. The molecule has 2 rings (SSSR count). The second-order valence-electron chi connectivity index (χ2n) is 8.04. The monoisotopic (exact) mass is 537 g/mol. The molecule has 1 N–H and O–H groups in total. The van der Waals surface area contributed by atoms with E-state index in [1.807, 2.05) is 44.2 Å². The Bertz CT molecular complexity index is 1050. The Morgan fingerprint density at radius 1 is 1.03 bits per heavy atom. The van der Waals surface area contributed by atoms with Gasteiger partial charge in [-0.05, 0) is 60.3 Å². The third-order valence-electron chi connectivity index (χ3n) is 5.45. The van der Waals surface area contributed by atoms with Crippen LogP contribution in [0.2, 0.25) is 0 Å². The van der Waals surface area contributed by atoms with E-state index in [0.29, 0.717) is 16.6 Å². The van der Waals surface area contributed by atoms with E-state index >= 15 is 0 Å². The number of halogens is 1. The van der Waals surface area contributed by atoms with Crippen molar-refractivity contribution in [2.75, 3.05) is 23.7 Å². The standard InChI is InChI=1S/C24H32BrN3O4S/c1-5-18(2)26-24(30)19(3)27(16-15-20-11-7-6-8-12-20)23(29)17-28(33(4,31)32)22-14-10-9-13-21(22)25/h6-14,18-19H,5,15-17H2,1-4H3,(H,26,30)/t18-,19-/m0/s1. The zero-order valence-corrected chi connectivity index (χ0v) is 21.9. The molecule has 0 saturated heterocycles. The molecule has 0 unspecified atom stereocenters. The van der Waals surface area contributed by atoms with Crippen LogP contribution in [0.15, 0.2) is 59.1 Å². The maximum atomic E-state index is 13.4. The molecule has 33 heavy (non-hydrogen) atoms. The van der Waals surface area contributed by atoms with Crippen LogP contribution in [0.5, 0.6) is 0 Å². The van der Waals surface area contributed by atoms with Crippen molar-refractivity contribution < 1.29 is 18.0 Å². The molecule has 0 aromatic heterocycles. The Morgan fingerprint density at radius 3 is 2.21 bits per heavy atom. The highest BCUT2D eigenvalue weighted by atomic mass is 79.9. The first kappa shape index (κ1) is 26.9. The maximum absolute atomic E-state index is 13.4. The number of hydrogen-bond acceptors (Lipinski definition) is 4. The zero-order valence-electron chi connectivity index (χ0n) is 19.5. The SMILES string of the molecule is CC[C@H](C)NC(=O)[C@H](C)N(CCc1ccccc1)C(=O)CN(c1ccccc1Br)S(C)(=O)=O.